The molecule has 1 aromatic rings. The first-order valence-corrected chi connectivity index (χ1v) is 9.04. The summed E-state index contributed by atoms with van der Waals surface area (Å²) in [5.74, 6) is 1.95. The van der Waals surface area contributed by atoms with Crippen LogP contribution in [0, 0.1) is 17.8 Å². The summed E-state index contributed by atoms with van der Waals surface area (Å²) >= 11 is 0. The molecule has 1 aromatic carbocycles. The van der Waals surface area contributed by atoms with Gasteiger partial charge in [0.2, 0.25) is 5.91 Å². The Morgan fingerprint density at radius 2 is 1.88 bits per heavy atom. The fourth-order valence-electron chi connectivity index (χ4n) is 4.80. The van der Waals surface area contributed by atoms with E-state index >= 15 is 0 Å². The van der Waals surface area contributed by atoms with Crippen LogP contribution >= 0.6 is 12.4 Å². The molecule has 0 heterocycles. The lowest BCUT2D eigenvalue weighted by Crippen LogP contribution is -2.42. The molecule has 4 rings (SSSR count). The van der Waals surface area contributed by atoms with Gasteiger partial charge in [-0.1, -0.05) is 6.07 Å². The van der Waals surface area contributed by atoms with Crippen LogP contribution < -0.4 is 15.8 Å². The summed E-state index contributed by atoms with van der Waals surface area (Å²) in [4.78, 5) is 12.6. The number of rotatable bonds is 4. The molecule has 3 saturated carbocycles. The van der Waals surface area contributed by atoms with E-state index in [0.717, 1.165) is 37.1 Å². The van der Waals surface area contributed by atoms with E-state index in [-0.39, 0.29) is 30.3 Å². The highest BCUT2D eigenvalue weighted by Crippen LogP contribution is 2.47. The van der Waals surface area contributed by atoms with Crippen LogP contribution in [0.4, 0.5) is 5.69 Å². The molecular formula is C19H27ClN2O2. The van der Waals surface area contributed by atoms with Crippen molar-refractivity contribution in [3.8, 4) is 5.75 Å². The molecule has 3 aliphatic rings. The molecule has 4 atom stereocenters. The number of nitrogens with one attached hydrogen (secondary N) is 1. The maximum atomic E-state index is 12.6. The smallest absolute Gasteiger partial charge is 0.229 e. The average Bonchev–Trinajstić information content (AvgIpc) is 3.24. The zero-order chi connectivity index (χ0) is 15.8. The van der Waals surface area contributed by atoms with Crippen molar-refractivity contribution in [3.63, 3.8) is 0 Å². The van der Waals surface area contributed by atoms with Crippen molar-refractivity contribution in [2.45, 2.75) is 57.1 Å². The van der Waals surface area contributed by atoms with Crippen molar-refractivity contribution in [2.24, 2.45) is 23.5 Å². The highest BCUT2D eigenvalue weighted by molar-refractivity contribution is 5.93. The fraction of sp³-hybridized carbons (Fsp3) is 0.632. The third kappa shape index (κ3) is 3.40. The minimum absolute atomic E-state index is 0. The van der Waals surface area contributed by atoms with Crippen LogP contribution in [0.3, 0.4) is 0 Å². The molecule has 4 unspecified atom stereocenters. The Balaban J connectivity index is 0.00000169. The summed E-state index contributed by atoms with van der Waals surface area (Å²) in [5, 5.41) is 3.07. The number of carbonyl (C=O) groups excluding carboxylic acids is 1. The Kier molecular flexibility index (Phi) is 5.36. The molecule has 4 nitrogen and oxygen atoms in total. The van der Waals surface area contributed by atoms with Crippen LogP contribution in [0.2, 0.25) is 0 Å². The highest BCUT2D eigenvalue weighted by Gasteiger charge is 2.49. The van der Waals surface area contributed by atoms with Crippen LogP contribution in [0.25, 0.3) is 0 Å². The SMILES string of the molecule is Cl.NC1C2CCC(C2)C1C(=O)Nc1cccc(OC2CCCC2)c1. The summed E-state index contributed by atoms with van der Waals surface area (Å²) in [6, 6.07) is 7.82. The zero-order valence-electron chi connectivity index (χ0n) is 13.9. The number of benzene rings is 1. The number of hydrogen-bond donors (Lipinski definition) is 2. The van der Waals surface area contributed by atoms with E-state index in [1.165, 1.54) is 19.3 Å². The van der Waals surface area contributed by atoms with Gasteiger partial charge in [0.05, 0.1) is 12.0 Å². The van der Waals surface area contributed by atoms with Gasteiger partial charge in [0.25, 0.3) is 0 Å². The third-order valence-electron chi connectivity index (χ3n) is 5.99. The topological polar surface area (TPSA) is 64.4 Å². The van der Waals surface area contributed by atoms with Gasteiger partial charge >= 0.3 is 0 Å². The third-order valence-corrected chi connectivity index (χ3v) is 5.99. The number of amides is 1. The van der Waals surface area contributed by atoms with Crippen LogP contribution in [-0.4, -0.2) is 18.1 Å². The second-order valence-electron chi connectivity index (χ2n) is 7.48. The number of nitrogens with two attached hydrogens (primary N) is 1. The first kappa shape index (κ1) is 17.6. The molecule has 0 aromatic heterocycles. The summed E-state index contributed by atoms with van der Waals surface area (Å²) in [6.45, 7) is 0. The van der Waals surface area contributed by atoms with Crippen LogP contribution in [0.15, 0.2) is 24.3 Å². The molecule has 1 amide bonds. The predicted octanol–water partition coefficient (Wildman–Crippen LogP) is 3.74. The van der Waals surface area contributed by atoms with Gasteiger partial charge in [0.1, 0.15) is 5.75 Å². The summed E-state index contributed by atoms with van der Waals surface area (Å²) < 4.78 is 6.02. The Bertz CT molecular complexity index is 586. The van der Waals surface area contributed by atoms with Gasteiger partial charge in [-0.2, -0.15) is 0 Å². The van der Waals surface area contributed by atoms with Gasteiger partial charge in [-0.3, -0.25) is 4.79 Å². The first-order valence-electron chi connectivity index (χ1n) is 9.04. The van der Waals surface area contributed by atoms with Crippen molar-refractivity contribution in [3.05, 3.63) is 24.3 Å². The molecule has 0 spiro atoms. The normalized spacial score (nSPS) is 31.7. The standard InChI is InChI=1S/C19H26N2O2.ClH/c20-18-13-9-8-12(10-13)17(18)19(22)21-14-4-3-7-16(11-14)23-15-5-1-2-6-15;/h3-4,7,11-13,15,17-18H,1-2,5-6,8-10,20H2,(H,21,22);1H. The average molecular weight is 351 g/mol. The minimum Gasteiger partial charge on any atom is -0.490 e. The maximum absolute atomic E-state index is 12.6. The van der Waals surface area contributed by atoms with Crippen molar-refractivity contribution in [1.29, 1.82) is 0 Å². The summed E-state index contributed by atoms with van der Waals surface area (Å²) in [7, 11) is 0. The van der Waals surface area contributed by atoms with Crippen LogP contribution in [0.5, 0.6) is 5.75 Å². The van der Waals surface area contributed by atoms with Crippen molar-refractivity contribution >= 4 is 24.0 Å². The van der Waals surface area contributed by atoms with E-state index in [9.17, 15) is 4.79 Å². The minimum atomic E-state index is -0.0202. The van der Waals surface area contributed by atoms with Gasteiger partial charge in [0, 0.05) is 17.8 Å². The largest absolute Gasteiger partial charge is 0.490 e. The number of anilines is 1. The van der Waals surface area contributed by atoms with Crippen molar-refractivity contribution < 1.29 is 9.53 Å². The number of hydrogen-bond acceptors (Lipinski definition) is 3. The van der Waals surface area contributed by atoms with Gasteiger partial charge in [-0.25, -0.2) is 0 Å². The lowest BCUT2D eigenvalue weighted by molar-refractivity contribution is -0.121. The lowest BCUT2D eigenvalue weighted by atomic mass is 9.84. The quantitative estimate of drug-likeness (QED) is 0.869. The summed E-state index contributed by atoms with van der Waals surface area (Å²) in [5.41, 5.74) is 7.09. The van der Waals surface area contributed by atoms with Crippen molar-refractivity contribution in [2.75, 3.05) is 5.32 Å². The van der Waals surface area contributed by atoms with E-state index in [0.29, 0.717) is 17.9 Å². The number of halogens is 1. The fourth-order valence-corrected chi connectivity index (χ4v) is 4.80. The molecular weight excluding hydrogens is 324 g/mol. The zero-order valence-corrected chi connectivity index (χ0v) is 14.8. The lowest BCUT2D eigenvalue weighted by Gasteiger charge is -2.27. The van der Waals surface area contributed by atoms with Gasteiger partial charge < -0.3 is 15.8 Å². The second kappa shape index (κ2) is 7.32. The predicted molar refractivity (Wildman–Crippen MR) is 97.5 cm³/mol. The number of ether oxygens (including phenoxy) is 1. The van der Waals surface area contributed by atoms with Gasteiger partial charge in [-0.15, -0.1) is 12.4 Å². The molecule has 3 N–H and O–H groups in total. The maximum Gasteiger partial charge on any atom is 0.229 e. The summed E-state index contributed by atoms with van der Waals surface area (Å²) in [6.07, 6.45) is 8.59. The van der Waals surface area contributed by atoms with E-state index < -0.39 is 0 Å². The molecule has 5 heteroatoms. The highest BCUT2D eigenvalue weighted by atomic mass is 35.5. The molecule has 3 aliphatic carbocycles. The Labute approximate surface area is 149 Å². The van der Waals surface area contributed by atoms with E-state index in [4.69, 9.17) is 10.5 Å². The molecule has 2 bridgehead atoms. The van der Waals surface area contributed by atoms with Gasteiger partial charge in [0.15, 0.2) is 0 Å². The van der Waals surface area contributed by atoms with E-state index in [2.05, 4.69) is 5.32 Å². The van der Waals surface area contributed by atoms with Gasteiger partial charge in [-0.05, 0) is 68.9 Å². The molecule has 0 aliphatic heterocycles. The molecule has 0 saturated heterocycles. The number of fused-ring (bicyclic) bond motifs is 2. The molecule has 3 fully saturated rings. The first-order chi connectivity index (χ1) is 11.2. The second-order valence-corrected chi connectivity index (χ2v) is 7.48. The molecule has 0 radical (unpaired) electrons. The Hall–Kier alpha value is -1.26. The monoisotopic (exact) mass is 350 g/mol. The van der Waals surface area contributed by atoms with E-state index in [1.54, 1.807) is 0 Å². The number of carbonyl (C=O) groups is 1. The van der Waals surface area contributed by atoms with Crippen LogP contribution in [0.1, 0.15) is 44.9 Å². The Morgan fingerprint density at radius 3 is 2.58 bits per heavy atom. The van der Waals surface area contributed by atoms with Crippen LogP contribution in [-0.2, 0) is 4.79 Å². The van der Waals surface area contributed by atoms with E-state index in [1.807, 2.05) is 24.3 Å². The van der Waals surface area contributed by atoms with Crippen molar-refractivity contribution in [1.82, 2.24) is 0 Å². The Morgan fingerprint density at radius 1 is 1.12 bits per heavy atom. The molecule has 24 heavy (non-hydrogen) atoms. The molecule has 132 valence electrons.